The molecule has 5 nitrogen and oxygen atoms in total. The number of rotatable bonds is 3. The Morgan fingerprint density at radius 2 is 2.18 bits per heavy atom. The number of amides is 1. The van der Waals surface area contributed by atoms with E-state index >= 15 is 0 Å². The first-order valence-corrected chi connectivity index (χ1v) is 7.40. The van der Waals surface area contributed by atoms with Gasteiger partial charge in [0.05, 0.1) is 0 Å². The van der Waals surface area contributed by atoms with Crippen molar-refractivity contribution >= 4 is 11.6 Å². The molecule has 2 aromatic rings. The maximum atomic E-state index is 13.7. The molecule has 2 N–H and O–H groups in total. The number of anilines is 1. The van der Waals surface area contributed by atoms with E-state index in [9.17, 15) is 9.18 Å². The first-order valence-electron chi connectivity index (χ1n) is 7.40. The number of nitrogens with zero attached hydrogens (tertiary/aromatic N) is 2. The maximum absolute atomic E-state index is 13.7. The lowest BCUT2D eigenvalue weighted by Crippen LogP contribution is -2.52. The maximum Gasteiger partial charge on any atom is 0.252 e. The number of nitrogens with one attached hydrogen (secondary N) is 2. The van der Waals surface area contributed by atoms with Crippen molar-refractivity contribution in [3.05, 3.63) is 48.0 Å². The van der Waals surface area contributed by atoms with Gasteiger partial charge in [0.1, 0.15) is 11.4 Å². The van der Waals surface area contributed by atoms with Gasteiger partial charge in [-0.15, -0.1) is 0 Å². The van der Waals surface area contributed by atoms with Crippen LogP contribution in [-0.4, -0.2) is 28.8 Å². The van der Waals surface area contributed by atoms with Crippen LogP contribution in [0.25, 0.3) is 0 Å². The van der Waals surface area contributed by atoms with Crippen molar-refractivity contribution in [2.24, 2.45) is 0 Å². The third-order valence-corrected chi connectivity index (χ3v) is 4.23. The highest BCUT2D eigenvalue weighted by Crippen LogP contribution is 2.29. The molecule has 0 atom stereocenters. The topological polar surface area (TPSA) is 59.0 Å². The van der Waals surface area contributed by atoms with Crippen molar-refractivity contribution in [2.75, 3.05) is 18.4 Å². The normalized spacial score (nSPS) is 17.2. The lowest BCUT2D eigenvalue weighted by molar-refractivity contribution is -0.126. The second kappa shape index (κ2) is 5.88. The fourth-order valence-corrected chi connectivity index (χ4v) is 2.84. The molecule has 2 heterocycles. The molecular weight excluding hydrogens is 283 g/mol. The van der Waals surface area contributed by atoms with E-state index < -0.39 is 5.54 Å². The highest BCUT2D eigenvalue weighted by molar-refractivity contribution is 5.96. The molecule has 1 fully saturated rings. The zero-order valence-corrected chi connectivity index (χ0v) is 12.5. The van der Waals surface area contributed by atoms with E-state index in [4.69, 9.17) is 0 Å². The third-order valence-electron chi connectivity index (χ3n) is 4.23. The Labute approximate surface area is 128 Å². The van der Waals surface area contributed by atoms with E-state index in [0.29, 0.717) is 24.1 Å². The van der Waals surface area contributed by atoms with Gasteiger partial charge in [-0.2, -0.15) is 5.10 Å². The SMILES string of the molecule is Cc1ccc(NC(=O)C2(n3cccn3)CCNCC2)cc1F. The Morgan fingerprint density at radius 1 is 1.41 bits per heavy atom. The predicted octanol–water partition coefficient (Wildman–Crippen LogP) is 2.05. The van der Waals surface area contributed by atoms with Gasteiger partial charge in [0.2, 0.25) is 0 Å². The summed E-state index contributed by atoms with van der Waals surface area (Å²) >= 11 is 0. The van der Waals surface area contributed by atoms with Crippen molar-refractivity contribution in [3.63, 3.8) is 0 Å². The molecule has 0 saturated carbocycles. The number of hydrogen-bond donors (Lipinski definition) is 2. The molecule has 22 heavy (non-hydrogen) atoms. The molecule has 1 amide bonds. The van der Waals surface area contributed by atoms with E-state index in [0.717, 1.165) is 13.1 Å². The molecule has 116 valence electrons. The van der Waals surface area contributed by atoms with Crippen molar-refractivity contribution in [1.29, 1.82) is 0 Å². The Hall–Kier alpha value is -2.21. The monoisotopic (exact) mass is 302 g/mol. The van der Waals surface area contributed by atoms with Crippen LogP contribution < -0.4 is 10.6 Å². The van der Waals surface area contributed by atoms with Gasteiger partial charge in [0.15, 0.2) is 0 Å². The molecule has 1 aliphatic heterocycles. The number of carbonyl (C=O) groups is 1. The summed E-state index contributed by atoms with van der Waals surface area (Å²) in [5.41, 5.74) is 0.302. The van der Waals surface area contributed by atoms with Gasteiger partial charge in [-0.3, -0.25) is 9.48 Å². The molecule has 0 bridgehead atoms. The van der Waals surface area contributed by atoms with Crippen LogP contribution in [0.3, 0.4) is 0 Å². The minimum atomic E-state index is -0.726. The van der Waals surface area contributed by atoms with E-state index in [1.54, 1.807) is 36.1 Å². The number of hydrogen-bond acceptors (Lipinski definition) is 3. The van der Waals surface area contributed by atoms with Crippen molar-refractivity contribution in [1.82, 2.24) is 15.1 Å². The number of aryl methyl sites for hydroxylation is 1. The summed E-state index contributed by atoms with van der Waals surface area (Å²) in [4.78, 5) is 12.9. The minimum absolute atomic E-state index is 0.152. The number of piperidine rings is 1. The molecule has 1 aromatic carbocycles. The van der Waals surface area contributed by atoms with E-state index in [1.165, 1.54) is 6.07 Å². The summed E-state index contributed by atoms with van der Waals surface area (Å²) in [6.45, 7) is 3.18. The Balaban J connectivity index is 1.88. The highest BCUT2D eigenvalue weighted by Gasteiger charge is 2.42. The van der Waals surface area contributed by atoms with E-state index in [2.05, 4.69) is 15.7 Å². The number of benzene rings is 1. The first kappa shape index (κ1) is 14.7. The summed E-state index contributed by atoms with van der Waals surface area (Å²) in [6, 6.07) is 6.54. The fraction of sp³-hybridized carbons (Fsp3) is 0.375. The van der Waals surface area contributed by atoms with Crippen LogP contribution in [0.1, 0.15) is 18.4 Å². The second-order valence-electron chi connectivity index (χ2n) is 5.65. The van der Waals surface area contributed by atoms with Gasteiger partial charge < -0.3 is 10.6 Å². The van der Waals surface area contributed by atoms with Crippen LogP contribution in [-0.2, 0) is 10.3 Å². The molecule has 3 rings (SSSR count). The largest absolute Gasteiger partial charge is 0.324 e. The molecule has 1 aromatic heterocycles. The van der Waals surface area contributed by atoms with E-state index in [-0.39, 0.29) is 11.7 Å². The van der Waals surface area contributed by atoms with Crippen molar-refractivity contribution in [3.8, 4) is 0 Å². The molecule has 6 heteroatoms. The molecule has 1 aliphatic rings. The average Bonchev–Trinajstić information content (AvgIpc) is 3.06. The first-order chi connectivity index (χ1) is 10.6. The van der Waals surface area contributed by atoms with Gasteiger partial charge in [-0.1, -0.05) is 6.07 Å². The number of aromatic nitrogens is 2. The lowest BCUT2D eigenvalue weighted by Gasteiger charge is -2.36. The van der Waals surface area contributed by atoms with Gasteiger partial charge in [0.25, 0.3) is 5.91 Å². The van der Waals surface area contributed by atoms with Crippen LogP contribution in [0, 0.1) is 12.7 Å². The van der Waals surface area contributed by atoms with Crippen molar-refractivity contribution in [2.45, 2.75) is 25.3 Å². The van der Waals surface area contributed by atoms with E-state index in [1.807, 2.05) is 6.07 Å². The van der Waals surface area contributed by atoms with Gasteiger partial charge in [0, 0.05) is 18.1 Å². The Morgan fingerprint density at radius 3 is 2.82 bits per heavy atom. The summed E-state index contributed by atoms with van der Waals surface area (Å²) < 4.78 is 15.4. The number of halogens is 1. The van der Waals surface area contributed by atoms with Crippen LogP contribution in [0.2, 0.25) is 0 Å². The summed E-state index contributed by atoms with van der Waals surface area (Å²) in [7, 11) is 0. The molecule has 0 aliphatic carbocycles. The van der Waals surface area contributed by atoms with Gasteiger partial charge in [-0.05, 0) is 56.6 Å². The summed E-state index contributed by atoms with van der Waals surface area (Å²) in [6.07, 6.45) is 4.77. The Bertz CT molecular complexity index is 663. The quantitative estimate of drug-likeness (QED) is 0.912. The molecular formula is C16H19FN4O. The smallest absolute Gasteiger partial charge is 0.252 e. The highest BCUT2D eigenvalue weighted by atomic mass is 19.1. The lowest BCUT2D eigenvalue weighted by atomic mass is 9.87. The minimum Gasteiger partial charge on any atom is -0.324 e. The van der Waals surface area contributed by atoms with Crippen LogP contribution in [0.15, 0.2) is 36.7 Å². The Kier molecular flexibility index (Phi) is 3.94. The molecule has 1 saturated heterocycles. The zero-order valence-electron chi connectivity index (χ0n) is 12.5. The summed E-state index contributed by atoms with van der Waals surface area (Å²) in [5.74, 6) is -0.475. The van der Waals surface area contributed by atoms with Crippen molar-refractivity contribution < 1.29 is 9.18 Å². The second-order valence-corrected chi connectivity index (χ2v) is 5.65. The standard InChI is InChI=1S/C16H19FN4O/c1-12-3-4-13(11-14(12)17)20-15(22)16(5-8-18-9-6-16)21-10-2-7-19-21/h2-4,7,10-11,18H,5-6,8-9H2,1H3,(H,20,22). The van der Waals surface area contributed by atoms with Gasteiger partial charge >= 0.3 is 0 Å². The van der Waals surface area contributed by atoms with Gasteiger partial charge in [-0.25, -0.2) is 4.39 Å². The molecule has 0 radical (unpaired) electrons. The average molecular weight is 302 g/mol. The molecule has 0 spiro atoms. The third kappa shape index (κ3) is 2.62. The van der Waals surface area contributed by atoms with Crippen LogP contribution >= 0.6 is 0 Å². The predicted molar refractivity (Wildman–Crippen MR) is 82.1 cm³/mol. The molecule has 0 unspecified atom stereocenters. The fourth-order valence-electron chi connectivity index (χ4n) is 2.84. The van der Waals surface area contributed by atoms with Crippen LogP contribution in [0.5, 0.6) is 0 Å². The zero-order chi connectivity index (χ0) is 15.6. The number of carbonyl (C=O) groups excluding carboxylic acids is 1. The summed E-state index contributed by atoms with van der Waals surface area (Å²) in [5, 5.41) is 10.4. The van der Waals surface area contributed by atoms with Crippen LogP contribution in [0.4, 0.5) is 10.1 Å².